The van der Waals surface area contributed by atoms with Crippen LogP contribution in [0.4, 0.5) is 23.7 Å². The quantitative estimate of drug-likeness (QED) is 0.860. The van der Waals surface area contributed by atoms with Gasteiger partial charge in [0.05, 0.1) is 5.56 Å². The van der Waals surface area contributed by atoms with E-state index in [1.54, 1.807) is 4.90 Å². The van der Waals surface area contributed by atoms with Crippen molar-refractivity contribution in [2.75, 3.05) is 38.5 Å². The maximum Gasteiger partial charge on any atom is 0.416 e. The Morgan fingerprint density at radius 3 is 2.00 bits per heavy atom. The zero-order chi connectivity index (χ0) is 16.8. The van der Waals surface area contributed by atoms with E-state index >= 15 is 0 Å². The molecule has 0 aromatic heterocycles. The summed E-state index contributed by atoms with van der Waals surface area (Å²) in [4.78, 5) is 15.7. The zero-order valence-electron chi connectivity index (χ0n) is 13.1. The van der Waals surface area contributed by atoms with Crippen molar-refractivity contribution in [1.29, 1.82) is 0 Å². The monoisotopic (exact) mass is 317 g/mol. The van der Waals surface area contributed by atoms with Crippen LogP contribution >= 0.6 is 0 Å². The number of nitrogens with zero attached hydrogens (tertiary/aromatic N) is 2. The molecular weight excluding hydrogens is 295 g/mol. The third kappa shape index (κ3) is 5.22. The van der Waals surface area contributed by atoms with Gasteiger partial charge in [-0.05, 0) is 31.3 Å². The SMILES string of the molecule is CC.CN1CCN(C(=O)Nc2ccc(C(F)(F)F)cc2)CC1. The van der Waals surface area contributed by atoms with E-state index in [2.05, 4.69) is 10.2 Å². The third-order valence-corrected chi connectivity index (χ3v) is 3.25. The number of carbonyl (C=O) groups excluding carboxylic acids is 1. The second kappa shape index (κ2) is 8.03. The van der Waals surface area contributed by atoms with Gasteiger partial charge >= 0.3 is 12.2 Å². The number of nitrogens with one attached hydrogen (secondary N) is 1. The molecule has 2 rings (SSSR count). The number of hydrogen-bond acceptors (Lipinski definition) is 2. The molecule has 1 aliphatic rings. The predicted molar refractivity (Wildman–Crippen MR) is 80.9 cm³/mol. The van der Waals surface area contributed by atoms with E-state index in [0.29, 0.717) is 18.8 Å². The number of amides is 2. The van der Waals surface area contributed by atoms with Gasteiger partial charge in [-0.15, -0.1) is 0 Å². The lowest BCUT2D eigenvalue weighted by atomic mass is 10.2. The summed E-state index contributed by atoms with van der Waals surface area (Å²) in [7, 11) is 1.98. The van der Waals surface area contributed by atoms with E-state index in [-0.39, 0.29) is 6.03 Å². The normalized spacial score (nSPS) is 15.8. The molecule has 0 atom stereocenters. The molecule has 0 aliphatic carbocycles. The Balaban J connectivity index is 0.00000116. The van der Waals surface area contributed by atoms with Crippen molar-refractivity contribution >= 4 is 11.7 Å². The Labute approximate surface area is 128 Å². The number of likely N-dealkylation sites (N-methyl/N-ethyl adjacent to an activating group) is 1. The largest absolute Gasteiger partial charge is 0.416 e. The van der Waals surface area contributed by atoms with Crippen LogP contribution < -0.4 is 5.32 Å². The molecule has 1 saturated heterocycles. The minimum absolute atomic E-state index is 0.280. The number of hydrogen-bond donors (Lipinski definition) is 1. The number of urea groups is 1. The molecule has 0 saturated carbocycles. The molecular formula is C15H22F3N3O. The van der Waals surface area contributed by atoms with Crippen molar-refractivity contribution in [2.24, 2.45) is 0 Å². The third-order valence-electron chi connectivity index (χ3n) is 3.25. The van der Waals surface area contributed by atoms with Gasteiger partial charge in [0, 0.05) is 31.9 Å². The summed E-state index contributed by atoms with van der Waals surface area (Å²) >= 11 is 0. The maximum absolute atomic E-state index is 12.4. The number of benzene rings is 1. The lowest BCUT2D eigenvalue weighted by molar-refractivity contribution is -0.137. The van der Waals surface area contributed by atoms with Crippen molar-refractivity contribution in [1.82, 2.24) is 9.80 Å². The summed E-state index contributed by atoms with van der Waals surface area (Å²) in [5.41, 5.74) is -0.364. The molecule has 1 N–H and O–H groups in total. The summed E-state index contributed by atoms with van der Waals surface area (Å²) in [6.07, 6.45) is -4.36. The minimum atomic E-state index is -4.36. The summed E-state index contributed by atoms with van der Waals surface area (Å²) in [5.74, 6) is 0. The predicted octanol–water partition coefficient (Wildman–Crippen LogP) is 3.51. The Morgan fingerprint density at radius 1 is 1.05 bits per heavy atom. The highest BCUT2D eigenvalue weighted by Gasteiger charge is 2.30. The molecule has 2 amide bonds. The molecule has 1 aromatic rings. The summed E-state index contributed by atoms with van der Waals surface area (Å²) in [6, 6.07) is 4.16. The van der Waals surface area contributed by atoms with Crippen LogP contribution in [0.3, 0.4) is 0 Å². The first kappa shape index (κ1) is 18.3. The first-order valence-electron chi connectivity index (χ1n) is 7.28. The lowest BCUT2D eigenvalue weighted by Gasteiger charge is -2.32. The Bertz CT molecular complexity index is 466. The molecule has 1 heterocycles. The standard InChI is InChI=1S/C13H16F3N3O.C2H6/c1-18-6-8-19(9-7-18)12(20)17-11-4-2-10(3-5-11)13(14,15)16;1-2/h2-5H,6-9H2,1H3,(H,17,20);1-2H3. The number of alkyl halides is 3. The second-order valence-electron chi connectivity index (χ2n) is 4.80. The van der Waals surface area contributed by atoms with Crippen molar-refractivity contribution < 1.29 is 18.0 Å². The molecule has 0 spiro atoms. The van der Waals surface area contributed by atoms with Gasteiger partial charge in [-0.25, -0.2) is 4.79 Å². The number of rotatable bonds is 1. The van der Waals surface area contributed by atoms with E-state index in [1.807, 2.05) is 20.9 Å². The minimum Gasteiger partial charge on any atom is -0.322 e. The fourth-order valence-electron chi connectivity index (χ4n) is 1.95. The van der Waals surface area contributed by atoms with Gasteiger partial charge in [-0.2, -0.15) is 13.2 Å². The Hall–Kier alpha value is -1.76. The maximum atomic E-state index is 12.4. The molecule has 22 heavy (non-hydrogen) atoms. The lowest BCUT2D eigenvalue weighted by Crippen LogP contribution is -2.48. The van der Waals surface area contributed by atoms with Crippen LogP contribution in [-0.4, -0.2) is 49.1 Å². The van der Waals surface area contributed by atoms with Crippen molar-refractivity contribution in [2.45, 2.75) is 20.0 Å². The molecule has 0 unspecified atom stereocenters. The first-order chi connectivity index (χ1) is 10.4. The number of anilines is 1. The molecule has 7 heteroatoms. The van der Waals surface area contributed by atoms with E-state index in [9.17, 15) is 18.0 Å². The van der Waals surface area contributed by atoms with Crippen LogP contribution in [0.2, 0.25) is 0 Å². The van der Waals surface area contributed by atoms with Crippen molar-refractivity contribution in [3.8, 4) is 0 Å². The smallest absolute Gasteiger partial charge is 0.322 e. The van der Waals surface area contributed by atoms with Crippen molar-refractivity contribution in [3.63, 3.8) is 0 Å². The summed E-state index contributed by atoms with van der Waals surface area (Å²) < 4.78 is 37.2. The van der Waals surface area contributed by atoms with E-state index < -0.39 is 11.7 Å². The van der Waals surface area contributed by atoms with Crippen molar-refractivity contribution in [3.05, 3.63) is 29.8 Å². The highest BCUT2D eigenvalue weighted by atomic mass is 19.4. The van der Waals surface area contributed by atoms with Gasteiger partial charge < -0.3 is 15.1 Å². The molecule has 1 aliphatic heterocycles. The number of carbonyl (C=O) groups is 1. The molecule has 1 fully saturated rings. The van der Waals surface area contributed by atoms with Crippen LogP contribution in [0.15, 0.2) is 24.3 Å². The molecule has 0 radical (unpaired) electrons. The highest BCUT2D eigenvalue weighted by molar-refractivity contribution is 5.89. The van der Waals surface area contributed by atoms with E-state index in [0.717, 1.165) is 25.2 Å². The van der Waals surface area contributed by atoms with Gasteiger partial charge in [-0.3, -0.25) is 0 Å². The fraction of sp³-hybridized carbons (Fsp3) is 0.533. The second-order valence-corrected chi connectivity index (χ2v) is 4.80. The highest BCUT2D eigenvalue weighted by Crippen LogP contribution is 2.29. The Morgan fingerprint density at radius 2 is 1.55 bits per heavy atom. The topological polar surface area (TPSA) is 35.6 Å². The number of halogens is 3. The van der Waals surface area contributed by atoms with Gasteiger partial charge in [0.2, 0.25) is 0 Å². The zero-order valence-corrected chi connectivity index (χ0v) is 13.1. The van der Waals surface area contributed by atoms with Gasteiger partial charge in [0.15, 0.2) is 0 Å². The van der Waals surface area contributed by atoms with Gasteiger partial charge in [-0.1, -0.05) is 13.8 Å². The van der Waals surface area contributed by atoms with Gasteiger partial charge in [0.1, 0.15) is 0 Å². The van der Waals surface area contributed by atoms with Crippen LogP contribution in [0.25, 0.3) is 0 Å². The summed E-state index contributed by atoms with van der Waals surface area (Å²) in [5, 5.41) is 2.61. The van der Waals surface area contributed by atoms with E-state index in [1.165, 1.54) is 12.1 Å². The van der Waals surface area contributed by atoms with E-state index in [4.69, 9.17) is 0 Å². The van der Waals surface area contributed by atoms with Crippen LogP contribution in [0.5, 0.6) is 0 Å². The average Bonchev–Trinajstić information content (AvgIpc) is 2.49. The summed E-state index contributed by atoms with van der Waals surface area (Å²) in [6.45, 7) is 6.81. The molecule has 4 nitrogen and oxygen atoms in total. The van der Waals surface area contributed by atoms with Crippen LogP contribution in [-0.2, 0) is 6.18 Å². The van der Waals surface area contributed by atoms with Crippen LogP contribution in [0, 0.1) is 0 Å². The number of piperazine rings is 1. The first-order valence-corrected chi connectivity index (χ1v) is 7.28. The molecule has 0 bridgehead atoms. The average molecular weight is 317 g/mol. The van der Waals surface area contributed by atoms with Crippen LogP contribution in [0.1, 0.15) is 19.4 Å². The Kier molecular flexibility index (Phi) is 6.67. The van der Waals surface area contributed by atoms with Gasteiger partial charge in [0.25, 0.3) is 0 Å². The molecule has 124 valence electrons. The fourth-order valence-corrected chi connectivity index (χ4v) is 1.95. The molecule has 1 aromatic carbocycles.